The molecule has 0 aromatic carbocycles. The van der Waals surface area contributed by atoms with Gasteiger partial charge in [-0.2, -0.15) is 10.1 Å². The third-order valence-corrected chi connectivity index (χ3v) is 7.72. The van der Waals surface area contributed by atoms with Crippen molar-refractivity contribution in [2.24, 2.45) is 0 Å². The molecule has 41 heavy (non-hydrogen) atoms. The van der Waals surface area contributed by atoms with Gasteiger partial charge in [-0.25, -0.2) is 19.8 Å². The number of anilines is 4. The molecule has 0 radical (unpaired) electrons. The number of piperazine rings is 1. The van der Waals surface area contributed by atoms with Gasteiger partial charge in [-0.1, -0.05) is 6.07 Å². The molecule has 14 heteroatoms. The van der Waals surface area contributed by atoms with Crippen LogP contribution in [-0.2, 0) is 9.59 Å². The highest BCUT2D eigenvalue weighted by atomic mass is 19.1. The molecule has 1 spiro atoms. The summed E-state index contributed by atoms with van der Waals surface area (Å²) in [5, 5.41) is 14.8. The number of aryl methyl sites for hydroxylation is 2. The molecule has 4 N–H and O–H groups in total. The van der Waals surface area contributed by atoms with Crippen LogP contribution in [-0.4, -0.2) is 73.6 Å². The number of nitrogens with zero attached hydrogens (tertiary/aromatic N) is 7. The van der Waals surface area contributed by atoms with Gasteiger partial charge in [0.1, 0.15) is 29.5 Å². The SMILES string of the molecule is Cc1cc(Nc2cc(C)[nH]n2)nc(N2CCC3(CC2)NC(=O)CN([C@@H](C)c2ccc(N4C=C(F)CN4)nc2)C3=O)n1. The quantitative estimate of drug-likeness (QED) is 0.353. The lowest BCUT2D eigenvalue weighted by molar-refractivity contribution is -0.153. The third kappa shape index (κ3) is 5.29. The van der Waals surface area contributed by atoms with Crippen LogP contribution in [0.1, 0.15) is 42.8 Å². The molecule has 3 aliphatic rings. The highest BCUT2D eigenvalue weighted by molar-refractivity contribution is 5.98. The summed E-state index contributed by atoms with van der Waals surface area (Å²) in [6.07, 6.45) is 3.86. The van der Waals surface area contributed by atoms with Gasteiger partial charge >= 0.3 is 0 Å². The predicted molar refractivity (Wildman–Crippen MR) is 150 cm³/mol. The van der Waals surface area contributed by atoms with E-state index in [1.165, 1.54) is 11.2 Å². The molecular formula is C27H32FN11O2. The number of nitrogens with one attached hydrogen (secondary N) is 4. The van der Waals surface area contributed by atoms with Crippen molar-refractivity contribution in [3.63, 3.8) is 0 Å². The molecule has 214 valence electrons. The minimum Gasteiger partial charge on any atom is -0.341 e. The minimum absolute atomic E-state index is 0.0302. The van der Waals surface area contributed by atoms with Gasteiger partial charge in [-0.3, -0.25) is 19.7 Å². The van der Waals surface area contributed by atoms with Gasteiger partial charge in [0.2, 0.25) is 17.8 Å². The molecule has 2 amide bonds. The monoisotopic (exact) mass is 561 g/mol. The van der Waals surface area contributed by atoms with E-state index in [1.807, 2.05) is 43.9 Å². The Balaban J connectivity index is 1.15. The summed E-state index contributed by atoms with van der Waals surface area (Å²) in [5.74, 6) is 1.81. The summed E-state index contributed by atoms with van der Waals surface area (Å²) in [6, 6.07) is 6.97. The number of H-pyrrole nitrogens is 1. The molecule has 2 saturated heterocycles. The van der Waals surface area contributed by atoms with E-state index >= 15 is 0 Å². The molecule has 3 aromatic heterocycles. The zero-order valence-corrected chi connectivity index (χ0v) is 23.1. The Kier molecular flexibility index (Phi) is 6.77. The molecule has 2 fully saturated rings. The van der Waals surface area contributed by atoms with E-state index in [2.05, 4.69) is 41.2 Å². The lowest BCUT2D eigenvalue weighted by atomic mass is 9.83. The van der Waals surface area contributed by atoms with E-state index in [4.69, 9.17) is 0 Å². The van der Waals surface area contributed by atoms with Crippen LogP contribution in [0, 0.1) is 13.8 Å². The lowest BCUT2D eigenvalue weighted by Crippen LogP contribution is -2.69. The summed E-state index contributed by atoms with van der Waals surface area (Å²) in [5.41, 5.74) is 4.41. The number of hydrogen-bond acceptors (Lipinski definition) is 10. The maximum atomic E-state index is 13.9. The zero-order chi connectivity index (χ0) is 28.7. The average Bonchev–Trinajstić information content (AvgIpc) is 3.58. The first-order chi connectivity index (χ1) is 19.7. The minimum atomic E-state index is -0.993. The van der Waals surface area contributed by atoms with Gasteiger partial charge in [0.15, 0.2) is 5.82 Å². The third-order valence-electron chi connectivity index (χ3n) is 7.72. The zero-order valence-electron chi connectivity index (χ0n) is 23.1. The van der Waals surface area contributed by atoms with Crippen LogP contribution in [0.15, 0.2) is 42.5 Å². The van der Waals surface area contributed by atoms with Crippen LogP contribution in [0.4, 0.5) is 27.8 Å². The number of halogens is 1. The predicted octanol–water partition coefficient (Wildman–Crippen LogP) is 2.15. The van der Waals surface area contributed by atoms with Crippen LogP contribution in [0.5, 0.6) is 0 Å². The summed E-state index contributed by atoms with van der Waals surface area (Å²) in [7, 11) is 0. The average molecular weight is 562 g/mol. The van der Waals surface area contributed by atoms with Gasteiger partial charge in [0, 0.05) is 42.8 Å². The maximum Gasteiger partial charge on any atom is 0.249 e. The normalized spacial score (nSPS) is 19.4. The lowest BCUT2D eigenvalue weighted by Gasteiger charge is -2.47. The molecule has 6 rings (SSSR count). The van der Waals surface area contributed by atoms with Crippen LogP contribution < -0.4 is 26.0 Å². The number of amides is 2. The Labute approximate surface area is 236 Å². The van der Waals surface area contributed by atoms with Crippen LogP contribution >= 0.6 is 0 Å². The van der Waals surface area contributed by atoms with Gasteiger partial charge in [-0.15, -0.1) is 0 Å². The van der Waals surface area contributed by atoms with E-state index in [9.17, 15) is 14.0 Å². The smallest absolute Gasteiger partial charge is 0.249 e. The van der Waals surface area contributed by atoms with Gasteiger partial charge < -0.3 is 20.4 Å². The van der Waals surface area contributed by atoms with E-state index in [0.29, 0.717) is 49.3 Å². The van der Waals surface area contributed by atoms with Crippen molar-refractivity contribution < 1.29 is 14.0 Å². The number of piperidine rings is 1. The second kappa shape index (κ2) is 10.4. The topological polar surface area (TPSA) is 147 Å². The second-order valence-corrected chi connectivity index (χ2v) is 10.7. The molecule has 0 saturated carbocycles. The maximum absolute atomic E-state index is 13.9. The molecule has 0 bridgehead atoms. The Morgan fingerprint density at radius 2 is 1.90 bits per heavy atom. The van der Waals surface area contributed by atoms with E-state index in [1.54, 1.807) is 17.2 Å². The standard InChI is InChI=1S/C27H32FN11O2/c1-16-10-21(32-22-11-17(2)35-36-22)33-26(31-16)37-8-6-27(7-9-37)25(41)38(15-24(40)34-27)18(3)19-4-5-23(29-12-19)39-14-20(28)13-30-39/h4-5,10-12,14,18,30H,6-9,13,15H2,1-3H3,(H,34,40)(H2,31,32,33,35,36)/t18-/m0/s1. The number of rotatable bonds is 6. The molecular weight excluding hydrogens is 529 g/mol. The molecule has 6 heterocycles. The van der Waals surface area contributed by atoms with Gasteiger partial charge in [0.05, 0.1) is 18.8 Å². The van der Waals surface area contributed by atoms with Crippen LogP contribution in [0.2, 0.25) is 0 Å². The number of pyridine rings is 1. The summed E-state index contributed by atoms with van der Waals surface area (Å²) < 4.78 is 13.4. The molecule has 0 aliphatic carbocycles. The Morgan fingerprint density at radius 3 is 2.56 bits per heavy atom. The summed E-state index contributed by atoms with van der Waals surface area (Å²) in [4.78, 5) is 44.1. The number of hydrazine groups is 1. The highest BCUT2D eigenvalue weighted by Crippen LogP contribution is 2.33. The number of aromatic nitrogens is 5. The van der Waals surface area contributed by atoms with Crippen molar-refractivity contribution in [3.05, 3.63) is 59.4 Å². The van der Waals surface area contributed by atoms with E-state index in [-0.39, 0.29) is 36.8 Å². The van der Waals surface area contributed by atoms with Crippen molar-refractivity contribution >= 4 is 35.2 Å². The molecule has 3 aromatic rings. The highest BCUT2D eigenvalue weighted by Gasteiger charge is 2.49. The van der Waals surface area contributed by atoms with E-state index < -0.39 is 5.54 Å². The number of carbonyl (C=O) groups is 2. The molecule has 13 nitrogen and oxygen atoms in total. The first kappa shape index (κ1) is 26.6. The fraction of sp³-hybridized carbons (Fsp3) is 0.407. The fourth-order valence-corrected chi connectivity index (χ4v) is 5.48. The second-order valence-electron chi connectivity index (χ2n) is 10.7. The van der Waals surface area contributed by atoms with Gasteiger partial charge in [-0.05, 0) is 45.2 Å². The Bertz CT molecular complexity index is 1500. The number of aromatic amines is 1. The fourth-order valence-electron chi connectivity index (χ4n) is 5.48. The van der Waals surface area contributed by atoms with E-state index in [0.717, 1.165) is 17.0 Å². The number of hydrogen-bond donors (Lipinski definition) is 4. The van der Waals surface area contributed by atoms with Gasteiger partial charge in [0.25, 0.3) is 0 Å². The summed E-state index contributed by atoms with van der Waals surface area (Å²) in [6.45, 7) is 6.81. The van der Waals surface area contributed by atoms with Crippen molar-refractivity contribution in [2.45, 2.75) is 45.2 Å². The van der Waals surface area contributed by atoms with Crippen molar-refractivity contribution in [3.8, 4) is 0 Å². The first-order valence-corrected chi connectivity index (χ1v) is 13.6. The molecule has 3 aliphatic heterocycles. The van der Waals surface area contributed by atoms with Crippen molar-refractivity contribution in [2.75, 3.05) is 41.4 Å². The molecule has 0 unspecified atom stereocenters. The number of carbonyl (C=O) groups excluding carboxylic acids is 2. The Hall–Kier alpha value is -4.59. The van der Waals surface area contributed by atoms with Crippen LogP contribution in [0.3, 0.4) is 0 Å². The van der Waals surface area contributed by atoms with Crippen molar-refractivity contribution in [1.29, 1.82) is 0 Å². The first-order valence-electron chi connectivity index (χ1n) is 13.6. The van der Waals surface area contributed by atoms with Crippen LogP contribution in [0.25, 0.3) is 0 Å². The molecule has 1 atom stereocenters. The largest absolute Gasteiger partial charge is 0.341 e. The Morgan fingerprint density at radius 1 is 1.10 bits per heavy atom. The van der Waals surface area contributed by atoms with Crippen molar-refractivity contribution in [1.82, 2.24) is 40.8 Å². The summed E-state index contributed by atoms with van der Waals surface area (Å²) >= 11 is 0.